The van der Waals surface area contributed by atoms with Crippen LogP contribution in [0.1, 0.15) is 17.9 Å². The minimum Gasteiger partial charge on any atom is -0.303 e. The molecule has 1 fully saturated rings. The molecule has 0 heterocycles. The maximum atomic E-state index is 11.1. The molecule has 0 radical (unpaired) electrons. The van der Waals surface area contributed by atoms with Crippen LogP contribution in [0.2, 0.25) is 0 Å². The average molecular weight is 198 g/mol. The third kappa shape index (κ3) is 1.26. The average Bonchev–Trinajstić information content (AvgIpc) is 2.89. The number of allylic oxidation sites excluding steroid dienone is 2. The summed E-state index contributed by atoms with van der Waals surface area (Å²) in [7, 11) is 0. The molecular weight excluding hydrogens is 184 g/mol. The van der Waals surface area contributed by atoms with Gasteiger partial charge in [-0.3, -0.25) is 0 Å². The molecule has 1 heteroatoms. The lowest BCUT2D eigenvalue weighted by Crippen LogP contribution is -2.18. The van der Waals surface area contributed by atoms with E-state index in [1.165, 1.54) is 12.0 Å². The molecule has 1 nitrogen and oxygen atoms in total. The van der Waals surface area contributed by atoms with E-state index < -0.39 is 0 Å². The first-order chi connectivity index (χ1) is 7.40. The first-order valence-corrected chi connectivity index (χ1v) is 5.58. The predicted octanol–water partition coefficient (Wildman–Crippen LogP) is 2.79. The molecule has 1 aromatic carbocycles. The molecule has 3 rings (SSSR count). The topological polar surface area (TPSA) is 17.1 Å². The highest BCUT2D eigenvalue weighted by atomic mass is 16.1. The molecule has 0 saturated heterocycles. The highest BCUT2D eigenvalue weighted by Crippen LogP contribution is 2.51. The van der Waals surface area contributed by atoms with Gasteiger partial charge in [0, 0.05) is 11.8 Å². The molecule has 0 aromatic heterocycles. The summed E-state index contributed by atoms with van der Waals surface area (Å²) in [6, 6.07) is 10.5. The number of rotatable bonds is 2. The van der Waals surface area contributed by atoms with Gasteiger partial charge in [0.05, 0.1) is 0 Å². The fourth-order valence-electron chi connectivity index (χ4n) is 3.19. The largest absolute Gasteiger partial charge is 0.303 e. The molecular formula is C14H14O. The van der Waals surface area contributed by atoms with Crippen LogP contribution in [-0.2, 0) is 4.79 Å². The Hall–Kier alpha value is -1.37. The lowest BCUT2D eigenvalue weighted by atomic mass is 9.79. The van der Waals surface area contributed by atoms with Crippen LogP contribution in [0.4, 0.5) is 0 Å². The molecule has 1 aromatic rings. The summed E-state index contributed by atoms with van der Waals surface area (Å²) in [6.07, 6.45) is 6.85. The molecule has 1 saturated carbocycles. The van der Waals surface area contributed by atoms with Gasteiger partial charge < -0.3 is 4.79 Å². The van der Waals surface area contributed by atoms with Crippen molar-refractivity contribution in [3.05, 3.63) is 48.0 Å². The maximum Gasteiger partial charge on any atom is 0.124 e. The van der Waals surface area contributed by atoms with Crippen molar-refractivity contribution in [3.8, 4) is 0 Å². The lowest BCUT2D eigenvalue weighted by Gasteiger charge is -2.24. The Morgan fingerprint density at radius 1 is 1.07 bits per heavy atom. The van der Waals surface area contributed by atoms with Crippen LogP contribution in [-0.4, -0.2) is 6.29 Å². The van der Waals surface area contributed by atoms with Crippen LogP contribution in [0.15, 0.2) is 42.5 Å². The van der Waals surface area contributed by atoms with E-state index in [9.17, 15) is 4.79 Å². The van der Waals surface area contributed by atoms with Crippen molar-refractivity contribution in [3.63, 3.8) is 0 Å². The van der Waals surface area contributed by atoms with E-state index in [1.807, 2.05) is 6.07 Å². The van der Waals surface area contributed by atoms with Crippen molar-refractivity contribution in [2.75, 3.05) is 0 Å². The zero-order valence-electron chi connectivity index (χ0n) is 8.54. The van der Waals surface area contributed by atoms with Crippen LogP contribution in [0.3, 0.4) is 0 Å². The Kier molecular flexibility index (Phi) is 1.98. The number of benzene rings is 1. The predicted molar refractivity (Wildman–Crippen MR) is 59.5 cm³/mol. The Morgan fingerprint density at radius 2 is 1.80 bits per heavy atom. The molecule has 15 heavy (non-hydrogen) atoms. The number of hydrogen-bond acceptors (Lipinski definition) is 1. The first kappa shape index (κ1) is 8.90. The molecule has 0 N–H and O–H groups in total. The van der Waals surface area contributed by atoms with Crippen molar-refractivity contribution in [1.29, 1.82) is 0 Å². The molecule has 2 aliphatic carbocycles. The molecule has 0 aliphatic heterocycles. The minimum absolute atomic E-state index is 0.211. The Labute approximate surface area is 89.8 Å². The number of aldehydes is 1. The van der Waals surface area contributed by atoms with Crippen LogP contribution in [0.25, 0.3) is 0 Å². The van der Waals surface area contributed by atoms with Crippen molar-refractivity contribution < 1.29 is 4.79 Å². The molecule has 2 aliphatic rings. The van der Waals surface area contributed by atoms with Gasteiger partial charge in [0.15, 0.2) is 0 Å². The summed E-state index contributed by atoms with van der Waals surface area (Å²) in [4.78, 5) is 11.1. The van der Waals surface area contributed by atoms with Gasteiger partial charge in [0.25, 0.3) is 0 Å². The zero-order chi connectivity index (χ0) is 10.3. The number of carbonyl (C=O) groups excluding carboxylic acids is 1. The normalized spacial score (nSPS) is 37.1. The second-order valence-electron chi connectivity index (χ2n) is 4.60. The Morgan fingerprint density at radius 3 is 2.53 bits per heavy atom. The zero-order valence-corrected chi connectivity index (χ0v) is 8.54. The third-order valence-corrected chi connectivity index (χ3v) is 3.86. The summed E-state index contributed by atoms with van der Waals surface area (Å²) in [5.74, 6) is 1.73. The second kappa shape index (κ2) is 3.34. The van der Waals surface area contributed by atoms with Gasteiger partial charge >= 0.3 is 0 Å². The fourth-order valence-corrected chi connectivity index (χ4v) is 3.19. The van der Waals surface area contributed by atoms with E-state index in [4.69, 9.17) is 0 Å². The van der Waals surface area contributed by atoms with E-state index in [1.54, 1.807) is 0 Å². The number of fused-ring (bicyclic) bond motifs is 2. The van der Waals surface area contributed by atoms with Crippen LogP contribution >= 0.6 is 0 Å². The molecule has 0 spiro atoms. The smallest absolute Gasteiger partial charge is 0.124 e. The summed E-state index contributed by atoms with van der Waals surface area (Å²) < 4.78 is 0. The Bertz CT molecular complexity index is 393. The molecule has 76 valence electrons. The lowest BCUT2D eigenvalue weighted by molar-refractivity contribution is -0.112. The molecule has 4 atom stereocenters. The van der Waals surface area contributed by atoms with Gasteiger partial charge in [-0.05, 0) is 23.8 Å². The first-order valence-electron chi connectivity index (χ1n) is 5.58. The van der Waals surface area contributed by atoms with E-state index in [-0.39, 0.29) is 5.92 Å². The Balaban J connectivity index is 1.99. The van der Waals surface area contributed by atoms with Crippen LogP contribution in [0, 0.1) is 17.8 Å². The third-order valence-electron chi connectivity index (χ3n) is 3.86. The van der Waals surface area contributed by atoms with Gasteiger partial charge in [-0.2, -0.15) is 0 Å². The van der Waals surface area contributed by atoms with E-state index in [0.717, 1.165) is 6.29 Å². The van der Waals surface area contributed by atoms with Crippen molar-refractivity contribution in [2.45, 2.75) is 12.3 Å². The minimum atomic E-state index is 0.211. The van der Waals surface area contributed by atoms with Crippen molar-refractivity contribution in [2.24, 2.45) is 17.8 Å². The molecule has 0 amide bonds. The van der Waals surface area contributed by atoms with Gasteiger partial charge in [-0.25, -0.2) is 0 Å². The summed E-state index contributed by atoms with van der Waals surface area (Å²) in [5.41, 5.74) is 1.33. The highest BCUT2D eigenvalue weighted by Gasteiger charge is 2.44. The second-order valence-corrected chi connectivity index (χ2v) is 4.60. The van der Waals surface area contributed by atoms with E-state index >= 15 is 0 Å². The standard InChI is InChI=1S/C14H14O/c15-9-13-11-6-7-12(8-11)14(13)10-4-2-1-3-5-10/h1-7,9,11-14H,8H2/t11-,12+,13+,14?/m1/s1. The maximum absolute atomic E-state index is 11.1. The number of hydrogen-bond donors (Lipinski definition) is 0. The van der Waals surface area contributed by atoms with Crippen LogP contribution < -0.4 is 0 Å². The summed E-state index contributed by atoms with van der Waals surface area (Å²) >= 11 is 0. The quantitative estimate of drug-likeness (QED) is 0.527. The summed E-state index contributed by atoms with van der Waals surface area (Å²) in [6.45, 7) is 0. The van der Waals surface area contributed by atoms with Crippen LogP contribution in [0.5, 0.6) is 0 Å². The summed E-state index contributed by atoms with van der Waals surface area (Å²) in [5, 5.41) is 0. The van der Waals surface area contributed by atoms with Crippen molar-refractivity contribution >= 4 is 6.29 Å². The SMILES string of the molecule is O=C[C@@H]1C(c2ccccc2)[C@H]2C=C[C@@H]1C2. The van der Waals surface area contributed by atoms with Gasteiger partial charge in [-0.15, -0.1) is 0 Å². The number of carbonyl (C=O) groups is 1. The van der Waals surface area contributed by atoms with Gasteiger partial charge in [0.2, 0.25) is 0 Å². The molecule has 1 unspecified atom stereocenters. The van der Waals surface area contributed by atoms with E-state index in [2.05, 4.69) is 36.4 Å². The van der Waals surface area contributed by atoms with Crippen molar-refractivity contribution in [1.82, 2.24) is 0 Å². The molecule has 2 bridgehead atoms. The van der Waals surface area contributed by atoms with E-state index in [0.29, 0.717) is 17.8 Å². The van der Waals surface area contributed by atoms with Gasteiger partial charge in [0.1, 0.15) is 6.29 Å². The fraction of sp³-hybridized carbons (Fsp3) is 0.357. The van der Waals surface area contributed by atoms with Gasteiger partial charge in [-0.1, -0.05) is 42.5 Å². The monoisotopic (exact) mass is 198 g/mol. The highest BCUT2D eigenvalue weighted by molar-refractivity contribution is 5.59.